The van der Waals surface area contributed by atoms with Gasteiger partial charge in [0.1, 0.15) is 42.3 Å². The van der Waals surface area contributed by atoms with E-state index in [0.29, 0.717) is 51.6 Å². The summed E-state index contributed by atoms with van der Waals surface area (Å²) >= 11 is 0. The third-order valence-corrected chi connectivity index (χ3v) is 11.0. The molecule has 0 radical (unpaired) electrons. The molecule has 3 aliphatic rings. The minimum atomic E-state index is -1.49. The summed E-state index contributed by atoms with van der Waals surface area (Å²) in [6.07, 6.45) is 1.96. The van der Waals surface area contributed by atoms with Gasteiger partial charge in [0.2, 0.25) is 41.4 Å². The molecule has 7 amide bonds. The SMILES string of the molecule is C[C@H](NC(=O)[C@H](CCC(=O)O)NC(=O)[C@H](CCCCN)NC(=O)[C@@H]1C[C@@H](O)CN1C(=O)[C@H](C)NC(=O)[C@@H]1CCCN1)C(=O)N1CCC[C@H]1C(=O)N[C@@H](CCCCN)C(=O)O. The van der Waals surface area contributed by atoms with Crippen LogP contribution in [0.1, 0.15) is 97.3 Å². The van der Waals surface area contributed by atoms with Crippen molar-refractivity contribution < 1.29 is 58.5 Å². The normalized spacial score (nSPS) is 22.5. The molecule has 0 aliphatic carbocycles. The smallest absolute Gasteiger partial charge is 0.326 e. The number of amides is 7. The summed E-state index contributed by atoms with van der Waals surface area (Å²) in [5, 5.41) is 45.3. The zero-order valence-corrected chi connectivity index (χ0v) is 34.5. The highest BCUT2D eigenvalue weighted by molar-refractivity contribution is 5.98. The molecule has 22 heteroatoms. The van der Waals surface area contributed by atoms with E-state index in [2.05, 4.69) is 31.9 Å². The van der Waals surface area contributed by atoms with Gasteiger partial charge in [-0.25, -0.2) is 4.79 Å². The highest BCUT2D eigenvalue weighted by Crippen LogP contribution is 2.21. The van der Waals surface area contributed by atoms with E-state index in [0.717, 1.165) is 11.3 Å². The summed E-state index contributed by atoms with van der Waals surface area (Å²) in [5.74, 6) is -7.35. The quantitative estimate of drug-likeness (QED) is 0.0418. The number of hydrogen-bond donors (Lipinski definition) is 11. The summed E-state index contributed by atoms with van der Waals surface area (Å²) in [7, 11) is 0. The highest BCUT2D eigenvalue weighted by atomic mass is 16.4. The fraction of sp³-hybridized carbons (Fsp3) is 0.763. The number of likely N-dealkylation sites (tertiary alicyclic amines) is 2. The Labute approximate surface area is 349 Å². The molecule has 338 valence electrons. The second-order valence-electron chi connectivity index (χ2n) is 15.7. The molecule has 3 fully saturated rings. The molecule has 0 bridgehead atoms. The lowest BCUT2D eigenvalue weighted by molar-refractivity contribution is -0.145. The Kier molecular flexibility index (Phi) is 20.1. The average Bonchev–Trinajstić information content (AvgIpc) is 4.00. The van der Waals surface area contributed by atoms with Crippen molar-refractivity contribution in [1.82, 2.24) is 41.7 Å². The molecule has 3 heterocycles. The fourth-order valence-corrected chi connectivity index (χ4v) is 7.62. The summed E-state index contributed by atoms with van der Waals surface area (Å²) in [6.45, 7) is 4.07. The Hall–Kier alpha value is -4.93. The van der Waals surface area contributed by atoms with E-state index in [1.165, 1.54) is 18.7 Å². The molecule has 3 aliphatic heterocycles. The zero-order chi connectivity index (χ0) is 44.5. The monoisotopic (exact) mass is 852 g/mol. The first kappa shape index (κ1) is 49.4. The summed E-state index contributed by atoms with van der Waals surface area (Å²) < 4.78 is 0. The van der Waals surface area contributed by atoms with Crippen molar-refractivity contribution in [3.8, 4) is 0 Å². The van der Waals surface area contributed by atoms with Crippen LogP contribution in [-0.4, -0.2) is 166 Å². The van der Waals surface area contributed by atoms with E-state index in [1.54, 1.807) is 0 Å². The number of carboxylic acid groups (broad SMARTS) is 2. The van der Waals surface area contributed by atoms with Gasteiger partial charge in [0.15, 0.2) is 0 Å². The van der Waals surface area contributed by atoms with Crippen molar-refractivity contribution in [3.05, 3.63) is 0 Å². The van der Waals surface area contributed by atoms with Crippen LogP contribution < -0.4 is 43.4 Å². The van der Waals surface area contributed by atoms with Crippen LogP contribution in [-0.2, 0) is 43.2 Å². The van der Waals surface area contributed by atoms with E-state index in [-0.39, 0.29) is 51.2 Å². The minimum Gasteiger partial charge on any atom is -0.481 e. The Morgan fingerprint density at radius 1 is 0.667 bits per heavy atom. The van der Waals surface area contributed by atoms with Crippen molar-refractivity contribution >= 4 is 53.3 Å². The predicted octanol–water partition coefficient (Wildman–Crippen LogP) is -3.64. The van der Waals surface area contributed by atoms with Crippen molar-refractivity contribution in [1.29, 1.82) is 0 Å². The van der Waals surface area contributed by atoms with E-state index in [4.69, 9.17) is 11.5 Å². The first-order chi connectivity index (χ1) is 28.5. The first-order valence-electron chi connectivity index (χ1n) is 20.9. The molecule has 0 aromatic heterocycles. The molecular formula is C38H64N10O12. The summed E-state index contributed by atoms with van der Waals surface area (Å²) in [6, 6.07) is -8.92. The number of nitrogens with two attached hydrogens (primary N) is 2. The fourth-order valence-electron chi connectivity index (χ4n) is 7.62. The molecule has 0 aromatic carbocycles. The molecule has 9 atom stereocenters. The van der Waals surface area contributed by atoms with Gasteiger partial charge in [0, 0.05) is 25.9 Å². The second kappa shape index (κ2) is 24.4. The maximum Gasteiger partial charge on any atom is 0.326 e. The Bertz CT molecular complexity index is 1550. The molecule has 0 unspecified atom stereocenters. The van der Waals surface area contributed by atoms with Crippen LogP contribution in [0.2, 0.25) is 0 Å². The standard InChI is InChI=1S/C38H64N10O12/c1-21(36(57)47-18-8-12-28(47)34(55)46-27(38(59)60)10-4-6-16-40)43-32(53)26(13-14-30(50)51)44-33(54)25(9-3-5-15-39)45-35(56)29-19-23(49)20-48(29)37(58)22(2)42-31(52)24-11-7-17-41-24/h21-29,41,49H,3-20,39-40H2,1-2H3,(H,42,52)(H,43,53)(H,44,54)(H,45,56)(H,46,55)(H,50,51)(H,59,60)/t21-,22-,23+,24-,25-,26-,27-,28-,29-/m0/s1. The van der Waals surface area contributed by atoms with Crippen LogP contribution in [0.5, 0.6) is 0 Å². The van der Waals surface area contributed by atoms with Gasteiger partial charge in [-0.3, -0.25) is 38.4 Å². The number of aliphatic hydroxyl groups is 1. The van der Waals surface area contributed by atoms with E-state index in [1.807, 2.05) is 0 Å². The van der Waals surface area contributed by atoms with E-state index in [9.17, 15) is 58.5 Å². The number of β-amino-alcohol motifs (C(OH)–C–C–N with tert-alkyl or cyclic N) is 1. The highest BCUT2D eigenvalue weighted by Gasteiger charge is 2.43. The van der Waals surface area contributed by atoms with Crippen molar-refractivity contribution in [2.75, 3.05) is 32.7 Å². The molecule has 0 saturated carbocycles. The topological polar surface area (TPSA) is 345 Å². The van der Waals surface area contributed by atoms with Gasteiger partial charge in [0.25, 0.3) is 0 Å². The lowest BCUT2D eigenvalue weighted by Gasteiger charge is -2.30. The van der Waals surface area contributed by atoms with Gasteiger partial charge >= 0.3 is 11.9 Å². The summed E-state index contributed by atoms with van der Waals surface area (Å²) in [4.78, 5) is 120. The lowest BCUT2D eigenvalue weighted by Crippen LogP contribution is -2.59. The van der Waals surface area contributed by atoms with Crippen LogP contribution in [0, 0.1) is 0 Å². The third kappa shape index (κ3) is 14.7. The number of aliphatic hydroxyl groups excluding tert-OH is 1. The number of nitrogens with zero attached hydrogens (tertiary/aromatic N) is 2. The maximum absolute atomic E-state index is 13.8. The third-order valence-electron chi connectivity index (χ3n) is 11.0. The summed E-state index contributed by atoms with van der Waals surface area (Å²) in [5.41, 5.74) is 11.2. The number of aliphatic carboxylic acids is 2. The largest absolute Gasteiger partial charge is 0.481 e. The predicted molar refractivity (Wildman–Crippen MR) is 213 cm³/mol. The minimum absolute atomic E-state index is 0.0369. The molecule has 3 saturated heterocycles. The Balaban J connectivity index is 1.70. The molecule has 0 spiro atoms. The number of carbonyl (C=O) groups is 9. The maximum atomic E-state index is 13.8. The number of hydrogen-bond acceptors (Lipinski definition) is 13. The molecule has 60 heavy (non-hydrogen) atoms. The van der Waals surface area contributed by atoms with Crippen LogP contribution in [0.4, 0.5) is 0 Å². The van der Waals surface area contributed by atoms with Gasteiger partial charge in [0.05, 0.1) is 12.1 Å². The Morgan fingerprint density at radius 3 is 1.83 bits per heavy atom. The van der Waals surface area contributed by atoms with Crippen LogP contribution >= 0.6 is 0 Å². The second-order valence-corrected chi connectivity index (χ2v) is 15.7. The van der Waals surface area contributed by atoms with Gasteiger partial charge in [-0.1, -0.05) is 0 Å². The van der Waals surface area contributed by atoms with Crippen LogP contribution in [0.25, 0.3) is 0 Å². The number of nitrogens with one attached hydrogen (secondary N) is 6. The van der Waals surface area contributed by atoms with Gasteiger partial charge in [-0.15, -0.1) is 0 Å². The lowest BCUT2D eigenvalue weighted by atomic mass is 10.0. The van der Waals surface area contributed by atoms with E-state index < -0.39 is 115 Å². The van der Waals surface area contributed by atoms with Crippen LogP contribution in [0.15, 0.2) is 0 Å². The van der Waals surface area contributed by atoms with Gasteiger partial charge in [-0.05, 0) is 104 Å². The van der Waals surface area contributed by atoms with E-state index >= 15 is 0 Å². The first-order valence-corrected chi connectivity index (χ1v) is 20.9. The van der Waals surface area contributed by atoms with Crippen molar-refractivity contribution in [2.24, 2.45) is 11.5 Å². The number of unbranched alkanes of at least 4 members (excludes halogenated alkanes) is 2. The average molecular weight is 853 g/mol. The number of rotatable bonds is 24. The van der Waals surface area contributed by atoms with Gasteiger partial charge < -0.3 is 68.5 Å². The number of carboxylic acids is 2. The zero-order valence-electron chi connectivity index (χ0n) is 34.5. The van der Waals surface area contributed by atoms with Crippen molar-refractivity contribution in [2.45, 2.75) is 152 Å². The van der Waals surface area contributed by atoms with Crippen LogP contribution in [0.3, 0.4) is 0 Å². The van der Waals surface area contributed by atoms with Gasteiger partial charge in [-0.2, -0.15) is 0 Å². The molecule has 0 aromatic rings. The van der Waals surface area contributed by atoms with Crippen molar-refractivity contribution in [3.63, 3.8) is 0 Å². The number of carbonyl (C=O) groups excluding carboxylic acids is 7. The molecule has 13 N–H and O–H groups in total. The Morgan fingerprint density at radius 2 is 1.23 bits per heavy atom. The molecule has 22 nitrogen and oxygen atoms in total. The molecule has 3 rings (SSSR count). The molecular weight excluding hydrogens is 788 g/mol.